The number of hydrogen-bond donors (Lipinski definition) is 3. The Balaban J connectivity index is 0.00000324. The molecule has 0 aliphatic carbocycles. The second-order valence-corrected chi connectivity index (χ2v) is 5.90. The lowest BCUT2D eigenvalue weighted by Crippen LogP contribution is -2.34. The third kappa shape index (κ3) is 6.63. The molecule has 0 heterocycles. The molecular weight excluding hydrogens is 313 g/mol. The van der Waals surface area contributed by atoms with Crippen LogP contribution in [0.25, 0.3) is 0 Å². The van der Waals surface area contributed by atoms with Crippen molar-refractivity contribution in [3.8, 4) is 0 Å². The molecule has 19 heavy (non-hydrogen) atoms. The van der Waals surface area contributed by atoms with Gasteiger partial charge in [-0.05, 0) is 18.2 Å². The Kier molecular flexibility index (Phi) is 7.14. The average Bonchev–Trinajstić information content (AvgIpc) is 2.22. The van der Waals surface area contributed by atoms with Gasteiger partial charge in [-0.15, -0.1) is 12.4 Å². The van der Waals surface area contributed by atoms with E-state index in [4.69, 9.17) is 17.3 Å². The highest BCUT2D eigenvalue weighted by Gasteiger charge is 2.09. The van der Waals surface area contributed by atoms with Crippen LogP contribution in [0.1, 0.15) is 10.4 Å². The zero-order chi connectivity index (χ0) is 13.8. The smallest absolute Gasteiger partial charge is 0.252 e. The van der Waals surface area contributed by atoms with Crippen LogP contribution >= 0.6 is 24.0 Å². The number of nitrogen functional groups attached to an aromatic ring is 1. The summed E-state index contributed by atoms with van der Waals surface area (Å²) in [6, 6.07) is 4.55. The third-order valence-electron chi connectivity index (χ3n) is 2.01. The monoisotopic (exact) mass is 327 g/mol. The van der Waals surface area contributed by atoms with Crippen molar-refractivity contribution in [2.45, 2.75) is 0 Å². The summed E-state index contributed by atoms with van der Waals surface area (Å²) in [6.07, 6.45) is 1.05. The van der Waals surface area contributed by atoms with E-state index >= 15 is 0 Å². The first kappa shape index (κ1) is 18.0. The Morgan fingerprint density at radius 2 is 2.00 bits per heavy atom. The first-order chi connectivity index (χ1) is 8.29. The van der Waals surface area contributed by atoms with Crippen LogP contribution in [0.4, 0.5) is 5.69 Å². The summed E-state index contributed by atoms with van der Waals surface area (Å²) in [7, 11) is -3.24. The molecule has 4 N–H and O–H groups in total. The molecule has 0 saturated heterocycles. The van der Waals surface area contributed by atoms with Gasteiger partial charge in [-0.25, -0.2) is 13.1 Å². The van der Waals surface area contributed by atoms with Crippen LogP contribution in [0.15, 0.2) is 18.2 Å². The number of sulfonamides is 1. The van der Waals surface area contributed by atoms with Gasteiger partial charge in [0, 0.05) is 18.8 Å². The zero-order valence-electron chi connectivity index (χ0n) is 10.1. The second kappa shape index (κ2) is 7.54. The number of benzene rings is 1. The van der Waals surface area contributed by atoms with Crippen molar-refractivity contribution < 1.29 is 13.2 Å². The maximum absolute atomic E-state index is 11.7. The largest absolute Gasteiger partial charge is 0.399 e. The van der Waals surface area contributed by atoms with Gasteiger partial charge >= 0.3 is 0 Å². The van der Waals surface area contributed by atoms with Gasteiger partial charge in [-0.1, -0.05) is 11.6 Å². The molecule has 108 valence electrons. The maximum Gasteiger partial charge on any atom is 0.252 e. The summed E-state index contributed by atoms with van der Waals surface area (Å²) in [6.45, 7) is 0.295. The topological polar surface area (TPSA) is 101 Å². The number of amides is 1. The molecule has 0 aliphatic heterocycles. The third-order valence-corrected chi connectivity index (χ3v) is 3.05. The molecule has 1 amide bonds. The first-order valence-electron chi connectivity index (χ1n) is 5.07. The van der Waals surface area contributed by atoms with Gasteiger partial charge < -0.3 is 11.1 Å². The van der Waals surface area contributed by atoms with Crippen LogP contribution < -0.4 is 15.8 Å². The quantitative estimate of drug-likeness (QED) is 0.545. The second-order valence-electron chi connectivity index (χ2n) is 3.66. The van der Waals surface area contributed by atoms with Crippen LogP contribution in [0.2, 0.25) is 5.02 Å². The molecular formula is C10H15Cl2N3O3S. The Hall–Kier alpha value is -1.02. The highest BCUT2D eigenvalue weighted by Crippen LogP contribution is 2.18. The molecule has 0 aliphatic rings. The number of carbonyl (C=O) groups is 1. The fourth-order valence-electron chi connectivity index (χ4n) is 1.22. The summed E-state index contributed by atoms with van der Waals surface area (Å²) >= 11 is 5.86. The summed E-state index contributed by atoms with van der Waals surface area (Å²) in [5.74, 6) is -0.379. The minimum atomic E-state index is -3.24. The van der Waals surface area contributed by atoms with Crippen LogP contribution in [-0.4, -0.2) is 33.7 Å². The number of halogens is 2. The maximum atomic E-state index is 11.7. The van der Waals surface area contributed by atoms with E-state index in [9.17, 15) is 13.2 Å². The minimum Gasteiger partial charge on any atom is -0.399 e. The fourth-order valence-corrected chi connectivity index (χ4v) is 1.97. The van der Waals surface area contributed by atoms with E-state index in [1.54, 1.807) is 6.07 Å². The van der Waals surface area contributed by atoms with Gasteiger partial charge in [-0.2, -0.15) is 0 Å². The van der Waals surface area contributed by atoms with Crippen LogP contribution in [0.5, 0.6) is 0 Å². The molecule has 6 nitrogen and oxygen atoms in total. The molecule has 0 fully saturated rings. The summed E-state index contributed by atoms with van der Waals surface area (Å²) in [5, 5.41) is 2.79. The Morgan fingerprint density at radius 1 is 1.37 bits per heavy atom. The van der Waals surface area contributed by atoms with Gasteiger partial charge in [0.1, 0.15) is 0 Å². The lowest BCUT2D eigenvalue weighted by molar-refractivity contribution is 0.0954. The van der Waals surface area contributed by atoms with Crippen molar-refractivity contribution in [3.05, 3.63) is 28.8 Å². The SMILES string of the molecule is CS(=O)(=O)NCCNC(=O)c1ccc(N)cc1Cl.Cl. The molecule has 0 bridgehead atoms. The van der Waals surface area contributed by atoms with E-state index in [1.165, 1.54) is 12.1 Å². The molecule has 1 aromatic rings. The van der Waals surface area contributed by atoms with Crippen LogP contribution in [0, 0.1) is 0 Å². The van der Waals surface area contributed by atoms with Crippen molar-refractivity contribution in [2.24, 2.45) is 0 Å². The van der Waals surface area contributed by atoms with Gasteiger partial charge in [0.25, 0.3) is 5.91 Å². The standard InChI is InChI=1S/C10H14ClN3O3S.ClH/c1-18(16,17)14-5-4-13-10(15)8-3-2-7(12)6-9(8)11;/h2-3,6,14H,4-5,12H2,1H3,(H,13,15);1H. The zero-order valence-corrected chi connectivity index (χ0v) is 12.5. The lowest BCUT2D eigenvalue weighted by atomic mass is 10.2. The van der Waals surface area contributed by atoms with Gasteiger partial charge in [0.05, 0.1) is 16.8 Å². The Morgan fingerprint density at radius 3 is 2.53 bits per heavy atom. The van der Waals surface area contributed by atoms with Crippen molar-refractivity contribution in [1.82, 2.24) is 10.0 Å². The van der Waals surface area contributed by atoms with Crippen molar-refractivity contribution in [1.29, 1.82) is 0 Å². The fraction of sp³-hybridized carbons (Fsp3) is 0.300. The average molecular weight is 328 g/mol. The lowest BCUT2D eigenvalue weighted by Gasteiger charge is -2.07. The van der Waals surface area contributed by atoms with E-state index in [2.05, 4.69) is 10.0 Å². The molecule has 0 atom stereocenters. The predicted octanol–water partition coefficient (Wildman–Crippen LogP) is 0.623. The van der Waals surface area contributed by atoms with Gasteiger partial charge in [0.2, 0.25) is 10.0 Å². The Labute approximate surface area is 123 Å². The van der Waals surface area contributed by atoms with Gasteiger partial charge in [0.15, 0.2) is 0 Å². The number of anilines is 1. The first-order valence-corrected chi connectivity index (χ1v) is 7.34. The number of nitrogens with one attached hydrogen (secondary N) is 2. The number of carbonyl (C=O) groups excluding carboxylic acids is 1. The van der Waals surface area contributed by atoms with Crippen molar-refractivity contribution in [2.75, 3.05) is 25.1 Å². The summed E-state index contributed by atoms with van der Waals surface area (Å²) in [5.41, 5.74) is 6.27. The minimum absolute atomic E-state index is 0. The molecule has 1 rings (SSSR count). The van der Waals surface area contributed by atoms with Crippen molar-refractivity contribution >= 4 is 45.6 Å². The number of hydrogen-bond acceptors (Lipinski definition) is 4. The van der Waals surface area contributed by atoms with Crippen molar-refractivity contribution in [3.63, 3.8) is 0 Å². The number of nitrogens with two attached hydrogens (primary N) is 1. The number of rotatable bonds is 5. The molecule has 9 heteroatoms. The predicted molar refractivity (Wildman–Crippen MR) is 78.3 cm³/mol. The highest BCUT2D eigenvalue weighted by atomic mass is 35.5. The van der Waals surface area contributed by atoms with E-state index < -0.39 is 10.0 Å². The van der Waals surface area contributed by atoms with E-state index in [1.807, 2.05) is 0 Å². The highest BCUT2D eigenvalue weighted by molar-refractivity contribution is 7.88. The molecule has 0 saturated carbocycles. The van der Waals surface area contributed by atoms with Gasteiger partial charge in [-0.3, -0.25) is 4.79 Å². The van der Waals surface area contributed by atoms with E-state index in [0.717, 1.165) is 6.26 Å². The van der Waals surface area contributed by atoms with E-state index in [-0.39, 0.29) is 36.4 Å². The summed E-state index contributed by atoms with van der Waals surface area (Å²) in [4.78, 5) is 11.7. The molecule has 0 spiro atoms. The van der Waals surface area contributed by atoms with E-state index in [0.29, 0.717) is 11.3 Å². The molecule has 1 aromatic carbocycles. The molecule has 0 radical (unpaired) electrons. The van der Waals surface area contributed by atoms with Crippen LogP contribution in [-0.2, 0) is 10.0 Å². The van der Waals surface area contributed by atoms with Crippen LogP contribution in [0.3, 0.4) is 0 Å². The summed E-state index contributed by atoms with van der Waals surface area (Å²) < 4.78 is 23.8. The molecule has 0 unspecified atom stereocenters. The molecule has 0 aromatic heterocycles. The normalized spacial score (nSPS) is 10.6. The Bertz CT molecular complexity index is 549.